The highest BCUT2D eigenvalue weighted by Gasteiger charge is 2.27. The van der Waals surface area contributed by atoms with Crippen LogP contribution in [0.25, 0.3) is 22.3 Å². The zero-order chi connectivity index (χ0) is 28.4. The molecule has 3 aromatic heterocycles. The van der Waals surface area contributed by atoms with Crippen LogP contribution in [0, 0.1) is 5.92 Å². The van der Waals surface area contributed by atoms with Crippen LogP contribution in [0.3, 0.4) is 0 Å². The first kappa shape index (κ1) is 27.5. The van der Waals surface area contributed by atoms with Crippen molar-refractivity contribution in [1.82, 2.24) is 29.7 Å². The SMILES string of the molecule is CC(C)(C)OC(=O)N1CCN(c2ccc(-c3cc4ncn(C(F)F)c4c(OCC[C@H]4CNC(=O)C4)n3)cn2)CC1. The van der Waals surface area contributed by atoms with Crippen LogP contribution in [-0.4, -0.2) is 81.4 Å². The van der Waals surface area contributed by atoms with Gasteiger partial charge in [0, 0.05) is 50.9 Å². The molecule has 0 aromatic carbocycles. The molecule has 5 heterocycles. The highest BCUT2D eigenvalue weighted by Crippen LogP contribution is 2.32. The second kappa shape index (κ2) is 11.2. The van der Waals surface area contributed by atoms with Crippen molar-refractivity contribution >= 4 is 28.9 Å². The van der Waals surface area contributed by atoms with Crippen molar-refractivity contribution in [1.29, 1.82) is 0 Å². The van der Waals surface area contributed by atoms with Crippen molar-refractivity contribution in [3.63, 3.8) is 0 Å². The fourth-order valence-corrected chi connectivity index (χ4v) is 4.78. The lowest BCUT2D eigenvalue weighted by Gasteiger charge is -2.36. The Hall–Kier alpha value is -4.03. The van der Waals surface area contributed by atoms with Crippen molar-refractivity contribution in [2.24, 2.45) is 5.92 Å². The Bertz CT molecular complexity index is 1370. The van der Waals surface area contributed by atoms with Crippen LogP contribution in [-0.2, 0) is 9.53 Å². The highest BCUT2D eigenvalue weighted by molar-refractivity contribution is 5.84. The average molecular weight is 558 g/mol. The van der Waals surface area contributed by atoms with E-state index in [4.69, 9.17) is 9.47 Å². The van der Waals surface area contributed by atoms with E-state index in [2.05, 4.69) is 25.2 Å². The normalized spacial score (nSPS) is 17.9. The maximum Gasteiger partial charge on any atom is 0.410 e. The van der Waals surface area contributed by atoms with Crippen molar-refractivity contribution < 1.29 is 27.8 Å². The van der Waals surface area contributed by atoms with E-state index < -0.39 is 12.2 Å². The van der Waals surface area contributed by atoms with Gasteiger partial charge in [0.1, 0.15) is 23.3 Å². The Balaban J connectivity index is 1.29. The minimum absolute atomic E-state index is 0.00385. The van der Waals surface area contributed by atoms with Crippen LogP contribution in [0.2, 0.25) is 0 Å². The van der Waals surface area contributed by atoms with Gasteiger partial charge in [-0.05, 0) is 51.3 Å². The number of carbonyl (C=O) groups excluding carboxylic acids is 2. The van der Waals surface area contributed by atoms with E-state index in [9.17, 15) is 18.4 Å². The fourth-order valence-electron chi connectivity index (χ4n) is 4.78. The number of imidazole rings is 1. The van der Waals surface area contributed by atoms with Gasteiger partial charge in [0.15, 0.2) is 0 Å². The maximum atomic E-state index is 13.7. The fraction of sp³-hybridized carbons (Fsp3) is 0.519. The van der Waals surface area contributed by atoms with Gasteiger partial charge in [0.2, 0.25) is 11.8 Å². The van der Waals surface area contributed by atoms with Crippen molar-refractivity contribution in [2.75, 3.05) is 44.2 Å². The summed E-state index contributed by atoms with van der Waals surface area (Å²) in [7, 11) is 0. The van der Waals surface area contributed by atoms with Gasteiger partial charge in [-0.15, -0.1) is 0 Å². The monoisotopic (exact) mass is 557 g/mol. The zero-order valence-corrected chi connectivity index (χ0v) is 22.8. The summed E-state index contributed by atoms with van der Waals surface area (Å²) >= 11 is 0. The number of fused-ring (bicyclic) bond motifs is 1. The smallest absolute Gasteiger partial charge is 0.410 e. The van der Waals surface area contributed by atoms with Crippen molar-refractivity contribution in [2.45, 2.75) is 45.8 Å². The molecule has 0 bridgehead atoms. The third-order valence-electron chi connectivity index (χ3n) is 6.86. The zero-order valence-electron chi connectivity index (χ0n) is 22.8. The number of nitrogens with zero attached hydrogens (tertiary/aromatic N) is 6. The third-order valence-corrected chi connectivity index (χ3v) is 6.86. The summed E-state index contributed by atoms with van der Waals surface area (Å²) in [6.07, 6.45) is 3.44. The van der Waals surface area contributed by atoms with Gasteiger partial charge in [0.05, 0.1) is 17.8 Å². The summed E-state index contributed by atoms with van der Waals surface area (Å²) < 4.78 is 39.4. The van der Waals surface area contributed by atoms with Gasteiger partial charge in [-0.2, -0.15) is 8.78 Å². The number of alkyl halides is 2. The molecule has 2 amide bonds. The van der Waals surface area contributed by atoms with E-state index in [0.29, 0.717) is 62.3 Å². The molecule has 1 atom stereocenters. The first-order valence-electron chi connectivity index (χ1n) is 13.3. The lowest BCUT2D eigenvalue weighted by molar-refractivity contribution is -0.119. The van der Waals surface area contributed by atoms with Crippen LogP contribution in [0.4, 0.5) is 19.4 Å². The summed E-state index contributed by atoms with van der Waals surface area (Å²) in [6, 6.07) is 5.37. The number of rotatable bonds is 7. The molecule has 0 saturated carbocycles. The molecule has 214 valence electrons. The number of amides is 2. The lowest BCUT2D eigenvalue weighted by Crippen LogP contribution is -2.50. The topological polar surface area (TPSA) is 115 Å². The lowest BCUT2D eigenvalue weighted by atomic mass is 10.1. The summed E-state index contributed by atoms with van der Waals surface area (Å²) in [5.74, 6) is 0.954. The van der Waals surface area contributed by atoms with E-state index in [1.807, 2.05) is 32.9 Å². The molecule has 40 heavy (non-hydrogen) atoms. The number of pyridine rings is 2. The summed E-state index contributed by atoms with van der Waals surface area (Å²) in [5, 5.41) is 2.78. The Morgan fingerprint density at radius 1 is 1.18 bits per heavy atom. The average Bonchev–Trinajstić information content (AvgIpc) is 3.54. The van der Waals surface area contributed by atoms with Gasteiger partial charge in [-0.25, -0.2) is 19.7 Å². The first-order chi connectivity index (χ1) is 19.1. The second-order valence-electron chi connectivity index (χ2n) is 11.0. The number of halogens is 2. The Kier molecular flexibility index (Phi) is 7.72. The molecular weight excluding hydrogens is 524 g/mol. The molecule has 3 aromatic rings. The molecule has 2 aliphatic heterocycles. The molecular formula is C27H33F2N7O4. The van der Waals surface area contributed by atoms with Gasteiger partial charge < -0.3 is 24.6 Å². The van der Waals surface area contributed by atoms with Gasteiger partial charge in [0.25, 0.3) is 0 Å². The molecule has 0 unspecified atom stereocenters. The third kappa shape index (κ3) is 6.23. The van der Waals surface area contributed by atoms with Crippen molar-refractivity contribution in [3.05, 3.63) is 30.7 Å². The molecule has 2 fully saturated rings. The Morgan fingerprint density at radius 2 is 1.95 bits per heavy atom. The highest BCUT2D eigenvalue weighted by atomic mass is 19.3. The van der Waals surface area contributed by atoms with Gasteiger partial charge >= 0.3 is 12.6 Å². The van der Waals surface area contributed by atoms with E-state index in [-0.39, 0.29) is 35.9 Å². The number of aromatic nitrogens is 4. The molecule has 0 spiro atoms. The number of nitrogens with one attached hydrogen (secondary N) is 1. The summed E-state index contributed by atoms with van der Waals surface area (Å²) in [6.45, 7) is 5.81. The molecule has 0 aliphatic carbocycles. The second-order valence-corrected chi connectivity index (χ2v) is 11.0. The van der Waals surface area contributed by atoms with Gasteiger partial charge in [-0.3, -0.25) is 9.36 Å². The van der Waals surface area contributed by atoms with Crippen LogP contribution in [0.1, 0.15) is 40.2 Å². The van der Waals surface area contributed by atoms with E-state index in [0.717, 1.165) is 16.7 Å². The summed E-state index contributed by atoms with van der Waals surface area (Å²) in [5.41, 5.74) is 1.08. The molecule has 13 heteroatoms. The number of piperazine rings is 1. The maximum absolute atomic E-state index is 13.7. The number of anilines is 1. The number of hydrogen-bond acceptors (Lipinski definition) is 8. The Morgan fingerprint density at radius 3 is 2.58 bits per heavy atom. The van der Waals surface area contributed by atoms with E-state index in [1.165, 1.54) is 0 Å². The Labute approximate surface area is 230 Å². The number of carbonyl (C=O) groups is 2. The van der Waals surface area contributed by atoms with E-state index >= 15 is 0 Å². The quantitative estimate of drug-likeness (QED) is 0.466. The molecule has 5 rings (SSSR count). The van der Waals surface area contributed by atoms with Crippen LogP contribution >= 0.6 is 0 Å². The largest absolute Gasteiger partial charge is 0.476 e. The van der Waals surface area contributed by atoms with Crippen LogP contribution in [0.5, 0.6) is 5.88 Å². The predicted octanol–water partition coefficient (Wildman–Crippen LogP) is 3.85. The van der Waals surface area contributed by atoms with Gasteiger partial charge in [-0.1, -0.05) is 0 Å². The van der Waals surface area contributed by atoms with E-state index in [1.54, 1.807) is 17.2 Å². The van der Waals surface area contributed by atoms with Crippen molar-refractivity contribution in [3.8, 4) is 17.1 Å². The first-order valence-corrected chi connectivity index (χ1v) is 13.3. The van der Waals surface area contributed by atoms with Crippen LogP contribution < -0.4 is 15.0 Å². The molecule has 11 nitrogen and oxygen atoms in total. The summed E-state index contributed by atoms with van der Waals surface area (Å²) in [4.78, 5) is 40.9. The molecule has 2 saturated heterocycles. The standard InChI is InChI=1S/C27H33F2N7O4/c1-27(2,3)40-26(38)35-9-7-34(8-10-35)21-5-4-18(15-30-21)19-13-20-23(36(16-32-20)25(28)29)24(33-19)39-11-6-17-12-22(37)31-14-17/h4-5,13,15-17,25H,6-12,14H2,1-3H3,(H,31,37)/t17-/m1/s1. The minimum Gasteiger partial charge on any atom is -0.476 e. The predicted molar refractivity (Wildman–Crippen MR) is 143 cm³/mol. The van der Waals surface area contributed by atoms with Crippen LogP contribution in [0.15, 0.2) is 30.7 Å². The minimum atomic E-state index is -2.80. The molecule has 2 aliphatic rings. The number of hydrogen-bond donors (Lipinski definition) is 1. The molecule has 0 radical (unpaired) electrons. The molecule has 1 N–H and O–H groups in total. The number of ether oxygens (including phenoxy) is 2.